The molecule has 2 saturated heterocycles. The Morgan fingerprint density at radius 3 is 2.60 bits per heavy atom. The number of carbonyl (C=O) groups is 4. The molecule has 1 spiro atoms. The number of fused-ring (bicyclic) bond motifs is 3. The topological polar surface area (TPSA) is 156 Å². The number of nitrogens with zero attached hydrogens (tertiary/aromatic N) is 5. The van der Waals surface area contributed by atoms with Gasteiger partial charge in [-0.25, -0.2) is 4.68 Å². The number of allylic oxidation sites excluding steroid dienone is 1. The summed E-state index contributed by atoms with van der Waals surface area (Å²) in [6, 6.07) is 14.7. The first kappa shape index (κ1) is 33.6. The smallest absolute Gasteiger partial charge is 0.313 e. The van der Waals surface area contributed by atoms with Gasteiger partial charge in [-0.1, -0.05) is 92.3 Å². The first-order valence-corrected chi connectivity index (χ1v) is 17.3. The molecule has 0 radical (unpaired) electrons. The van der Waals surface area contributed by atoms with Gasteiger partial charge in [0, 0.05) is 13.0 Å². The second kappa shape index (κ2) is 13.8. The van der Waals surface area contributed by atoms with Crippen LogP contribution in [0.3, 0.4) is 0 Å². The molecule has 4 aliphatic rings. The molecule has 0 unspecified atom stereocenters. The van der Waals surface area contributed by atoms with Gasteiger partial charge >= 0.3 is 5.97 Å². The molecule has 4 aliphatic heterocycles. The molecule has 3 aromatic rings. The maximum atomic E-state index is 14.9. The van der Waals surface area contributed by atoms with Crippen LogP contribution in [0, 0.1) is 17.8 Å². The van der Waals surface area contributed by atoms with E-state index in [1.165, 1.54) is 4.90 Å². The molecule has 1 aromatic heterocycles. The summed E-state index contributed by atoms with van der Waals surface area (Å²) in [5.74, 6) is -4.08. The Balaban J connectivity index is 1.31. The minimum absolute atomic E-state index is 0.0555. The minimum Gasteiger partial charge on any atom is -0.455 e. The summed E-state index contributed by atoms with van der Waals surface area (Å²) in [5.41, 5.74) is 0.580. The van der Waals surface area contributed by atoms with Gasteiger partial charge in [-0.2, -0.15) is 0 Å². The third kappa shape index (κ3) is 5.77. The highest BCUT2D eigenvalue weighted by atomic mass is 16.6. The number of hydrogen-bond acceptors (Lipinski definition) is 9. The molecule has 7 rings (SSSR count). The maximum Gasteiger partial charge on any atom is 0.313 e. The standard InChI is InChI=1S/C37H42N6O7/c1-3-23(2)27(21-44)43-33-35(47)41(22-42-26-15-8-7-14-25(26)39-40-42)19-11-18-37(33)32(34(43)46)31-28(50-37)16-9-10-17-30(45)38-20-29(49-36(31)48)24-12-5-4-6-13-24/h4-9,11-16,18,23,27-29,31-33,44H,3,10,17,19-22H2,1-2H3,(H,38,45)/b16-9-/t23-,27-,28-,29+,31+,32+,33-,37+/m0/s1. The molecule has 2 fully saturated rings. The number of aromatic nitrogens is 3. The Morgan fingerprint density at radius 1 is 1.04 bits per heavy atom. The molecule has 2 aromatic carbocycles. The summed E-state index contributed by atoms with van der Waals surface area (Å²) in [6.07, 6.45) is 6.55. The lowest BCUT2D eigenvalue weighted by Gasteiger charge is -2.40. The van der Waals surface area contributed by atoms with Crippen LogP contribution >= 0.6 is 0 Å². The summed E-state index contributed by atoms with van der Waals surface area (Å²) >= 11 is 0. The SMILES string of the molecule is CC[C@H](C)[C@H](CO)N1C(=O)[C@H]2[C@@H]3C(=O)O[C@@H](c4ccccc4)CNC(=O)CC/C=C\[C@@H]3O[C@]23C=CCN(Cn2nnc4ccccc42)C(=O)[C@H]13. The van der Waals surface area contributed by atoms with Crippen molar-refractivity contribution in [3.63, 3.8) is 0 Å². The fourth-order valence-electron chi connectivity index (χ4n) is 7.87. The van der Waals surface area contributed by atoms with E-state index in [1.807, 2.05) is 68.4 Å². The van der Waals surface area contributed by atoms with Crippen molar-refractivity contribution >= 4 is 34.7 Å². The van der Waals surface area contributed by atoms with Crippen LogP contribution in [0.25, 0.3) is 11.0 Å². The van der Waals surface area contributed by atoms with Gasteiger partial charge in [0.2, 0.25) is 11.8 Å². The predicted octanol–water partition coefficient (Wildman–Crippen LogP) is 2.53. The second-order valence-corrected chi connectivity index (χ2v) is 13.5. The monoisotopic (exact) mass is 682 g/mol. The van der Waals surface area contributed by atoms with Crippen molar-refractivity contribution in [1.82, 2.24) is 30.1 Å². The zero-order valence-electron chi connectivity index (χ0n) is 28.1. The Hall–Kier alpha value is -4.88. The van der Waals surface area contributed by atoms with Crippen molar-refractivity contribution in [3.05, 3.63) is 84.5 Å². The van der Waals surface area contributed by atoms with Gasteiger partial charge in [0.25, 0.3) is 5.91 Å². The molecule has 8 atom stereocenters. The maximum absolute atomic E-state index is 14.9. The number of amides is 3. The molecule has 0 aliphatic carbocycles. The molecule has 0 saturated carbocycles. The van der Waals surface area contributed by atoms with E-state index in [4.69, 9.17) is 9.47 Å². The number of rotatable bonds is 7. The quantitative estimate of drug-likeness (QED) is 0.283. The summed E-state index contributed by atoms with van der Waals surface area (Å²) in [7, 11) is 0. The highest BCUT2D eigenvalue weighted by molar-refractivity contribution is 5.99. The van der Waals surface area contributed by atoms with Gasteiger partial charge in [0.15, 0.2) is 0 Å². The van der Waals surface area contributed by atoms with E-state index in [0.717, 1.165) is 5.52 Å². The Labute approximate surface area is 289 Å². The van der Waals surface area contributed by atoms with Crippen molar-refractivity contribution in [1.29, 1.82) is 0 Å². The van der Waals surface area contributed by atoms with Crippen LogP contribution in [0.5, 0.6) is 0 Å². The fourth-order valence-corrected chi connectivity index (χ4v) is 7.87. The van der Waals surface area contributed by atoms with E-state index in [0.29, 0.717) is 23.9 Å². The number of aliphatic hydroxyl groups is 1. The second-order valence-electron chi connectivity index (χ2n) is 13.5. The number of para-hydroxylation sites is 1. The van der Waals surface area contributed by atoms with Crippen LogP contribution in [-0.2, 0) is 35.3 Å². The van der Waals surface area contributed by atoms with Crippen LogP contribution in [0.1, 0.15) is 44.8 Å². The lowest BCUT2D eigenvalue weighted by atomic mass is 9.78. The van der Waals surface area contributed by atoms with Crippen molar-refractivity contribution in [2.24, 2.45) is 17.8 Å². The lowest BCUT2D eigenvalue weighted by molar-refractivity contribution is -0.161. The molecule has 13 nitrogen and oxygen atoms in total. The van der Waals surface area contributed by atoms with E-state index in [9.17, 15) is 24.3 Å². The molecule has 262 valence electrons. The van der Waals surface area contributed by atoms with Crippen LogP contribution in [0.4, 0.5) is 0 Å². The highest BCUT2D eigenvalue weighted by Crippen LogP contribution is 2.54. The zero-order chi connectivity index (χ0) is 35.0. The fraction of sp³-hybridized carbons (Fsp3) is 0.459. The van der Waals surface area contributed by atoms with E-state index < -0.39 is 53.6 Å². The van der Waals surface area contributed by atoms with Gasteiger partial charge in [0.1, 0.15) is 35.9 Å². The number of ether oxygens (including phenoxy) is 2. The molecule has 5 heterocycles. The van der Waals surface area contributed by atoms with Crippen LogP contribution in [0.2, 0.25) is 0 Å². The first-order valence-electron chi connectivity index (χ1n) is 17.3. The van der Waals surface area contributed by atoms with Gasteiger partial charge in [-0.15, -0.1) is 5.10 Å². The van der Waals surface area contributed by atoms with Gasteiger partial charge in [0.05, 0.1) is 36.7 Å². The van der Waals surface area contributed by atoms with E-state index in [1.54, 1.807) is 33.9 Å². The van der Waals surface area contributed by atoms with Crippen molar-refractivity contribution in [2.75, 3.05) is 19.7 Å². The molecule has 0 bridgehead atoms. The molecule has 3 amide bonds. The van der Waals surface area contributed by atoms with Crippen LogP contribution < -0.4 is 5.32 Å². The number of benzene rings is 2. The third-order valence-electron chi connectivity index (χ3n) is 10.6. The Morgan fingerprint density at radius 2 is 1.82 bits per heavy atom. The van der Waals surface area contributed by atoms with E-state index >= 15 is 0 Å². The Bertz CT molecular complexity index is 1830. The van der Waals surface area contributed by atoms with Crippen molar-refractivity contribution in [2.45, 2.75) is 69.7 Å². The molecular formula is C37H42N6O7. The Kier molecular flexibility index (Phi) is 9.27. The van der Waals surface area contributed by atoms with Gasteiger partial charge in [-0.05, 0) is 30.0 Å². The number of cyclic esters (lactones) is 1. The van der Waals surface area contributed by atoms with Gasteiger partial charge in [-0.3, -0.25) is 19.2 Å². The first-order chi connectivity index (χ1) is 24.3. The highest BCUT2D eigenvalue weighted by Gasteiger charge is 2.72. The molecular weight excluding hydrogens is 640 g/mol. The number of aliphatic hydroxyl groups excluding tert-OH is 1. The largest absolute Gasteiger partial charge is 0.455 e. The number of esters is 1. The number of likely N-dealkylation sites (tertiary alicyclic amines) is 1. The van der Waals surface area contributed by atoms with Crippen molar-refractivity contribution < 1.29 is 33.8 Å². The number of nitrogens with one attached hydrogen (secondary N) is 1. The predicted molar refractivity (Wildman–Crippen MR) is 181 cm³/mol. The van der Waals surface area contributed by atoms with Crippen LogP contribution in [-0.4, -0.2) is 97.1 Å². The zero-order valence-corrected chi connectivity index (χ0v) is 28.1. The average molecular weight is 683 g/mol. The number of carbonyl (C=O) groups excluding carboxylic acids is 4. The summed E-state index contributed by atoms with van der Waals surface area (Å²) < 4.78 is 14.6. The normalized spacial score (nSPS) is 30.3. The van der Waals surface area contributed by atoms with Gasteiger partial charge < -0.3 is 29.7 Å². The lowest BCUT2D eigenvalue weighted by Crippen LogP contribution is -2.59. The van der Waals surface area contributed by atoms with Crippen LogP contribution in [0.15, 0.2) is 78.9 Å². The third-order valence-corrected chi connectivity index (χ3v) is 10.6. The van der Waals surface area contributed by atoms with Crippen molar-refractivity contribution in [3.8, 4) is 0 Å². The molecule has 13 heteroatoms. The molecule has 50 heavy (non-hydrogen) atoms. The number of hydrogen-bond donors (Lipinski definition) is 2. The average Bonchev–Trinajstić information content (AvgIpc) is 3.72. The summed E-state index contributed by atoms with van der Waals surface area (Å²) in [5, 5.41) is 22.1. The molecule has 2 N–H and O–H groups in total. The van der Waals surface area contributed by atoms with E-state index in [-0.39, 0.29) is 50.5 Å². The summed E-state index contributed by atoms with van der Waals surface area (Å²) in [6.45, 7) is 3.83. The minimum atomic E-state index is -1.54. The van der Waals surface area contributed by atoms with E-state index in [2.05, 4.69) is 15.6 Å². The summed E-state index contributed by atoms with van der Waals surface area (Å²) in [4.78, 5) is 59.9.